The van der Waals surface area contributed by atoms with Gasteiger partial charge in [0.2, 0.25) is 5.75 Å². The predicted molar refractivity (Wildman–Crippen MR) is 94.9 cm³/mol. The molecule has 0 bridgehead atoms. The number of ether oxygens (including phenoxy) is 2. The van der Waals surface area contributed by atoms with Crippen LogP contribution in [0.4, 0.5) is 11.4 Å². The SMILES string of the molecule is COc1cc(-c2nc3ccc(N)cc3[nH]2)cc([N+](=O)[O-])c1OC(C)C. The zero-order valence-electron chi connectivity index (χ0n) is 14.1. The van der Waals surface area contributed by atoms with E-state index in [1.165, 1.54) is 13.2 Å². The molecule has 8 heteroatoms. The molecule has 8 nitrogen and oxygen atoms in total. The number of aromatic nitrogens is 2. The van der Waals surface area contributed by atoms with Crippen LogP contribution in [0.5, 0.6) is 11.5 Å². The Morgan fingerprint density at radius 3 is 2.68 bits per heavy atom. The molecule has 0 atom stereocenters. The third-order valence-electron chi connectivity index (χ3n) is 3.58. The van der Waals surface area contributed by atoms with Crippen LogP contribution in [-0.2, 0) is 0 Å². The van der Waals surface area contributed by atoms with Crippen LogP contribution in [-0.4, -0.2) is 28.1 Å². The Morgan fingerprint density at radius 1 is 1.28 bits per heavy atom. The third kappa shape index (κ3) is 3.18. The molecule has 0 unspecified atom stereocenters. The number of rotatable bonds is 5. The molecule has 0 saturated heterocycles. The Hall–Kier alpha value is -3.29. The molecule has 130 valence electrons. The Bertz CT molecular complexity index is 949. The van der Waals surface area contributed by atoms with Gasteiger partial charge in [-0.1, -0.05) is 0 Å². The largest absolute Gasteiger partial charge is 0.493 e. The molecule has 0 saturated carbocycles. The zero-order chi connectivity index (χ0) is 18.1. The number of imidazole rings is 1. The molecule has 0 aliphatic heterocycles. The van der Waals surface area contributed by atoms with Crippen molar-refractivity contribution < 1.29 is 14.4 Å². The lowest BCUT2D eigenvalue weighted by atomic mass is 10.1. The molecule has 0 aliphatic rings. The number of nitrogens with two attached hydrogens (primary N) is 1. The normalized spacial score (nSPS) is 11.0. The van der Waals surface area contributed by atoms with E-state index in [1.54, 1.807) is 38.1 Å². The fourth-order valence-electron chi connectivity index (χ4n) is 2.53. The van der Waals surface area contributed by atoms with Crippen molar-refractivity contribution in [1.82, 2.24) is 9.97 Å². The van der Waals surface area contributed by atoms with E-state index in [0.717, 1.165) is 5.52 Å². The summed E-state index contributed by atoms with van der Waals surface area (Å²) in [5.41, 5.74) is 8.19. The number of nitro groups is 1. The molecule has 0 radical (unpaired) electrons. The second-order valence-electron chi connectivity index (χ2n) is 5.81. The first-order valence-electron chi connectivity index (χ1n) is 7.67. The quantitative estimate of drug-likeness (QED) is 0.416. The smallest absolute Gasteiger partial charge is 0.315 e. The van der Waals surface area contributed by atoms with Crippen molar-refractivity contribution in [2.24, 2.45) is 0 Å². The lowest BCUT2D eigenvalue weighted by Crippen LogP contribution is -2.09. The van der Waals surface area contributed by atoms with Crippen LogP contribution in [0.15, 0.2) is 30.3 Å². The summed E-state index contributed by atoms with van der Waals surface area (Å²) in [6.45, 7) is 3.58. The number of nitrogens with one attached hydrogen (secondary N) is 1. The van der Waals surface area contributed by atoms with Crippen molar-refractivity contribution in [2.75, 3.05) is 12.8 Å². The fourth-order valence-corrected chi connectivity index (χ4v) is 2.53. The summed E-state index contributed by atoms with van der Waals surface area (Å²) in [6.07, 6.45) is -0.229. The van der Waals surface area contributed by atoms with E-state index in [-0.39, 0.29) is 23.3 Å². The highest BCUT2D eigenvalue weighted by Gasteiger charge is 2.24. The van der Waals surface area contributed by atoms with Gasteiger partial charge in [0.15, 0.2) is 5.75 Å². The average Bonchev–Trinajstić information content (AvgIpc) is 2.97. The zero-order valence-corrected chi connectivity index (χ0v) is 14.1. The minimum absolute atomic E-state index is 0.103. The van der Waals surface area contributed by atoms with Crippen LogP contribution in [0.3, 0.4) is 0 Å². The minimum Gasteiger partial charge on any atom is -0.493 e. The highest BCUT2D eigenvalue weighted by molar-refractivity contribution is 5.83. The van der Waals surface area contributed by atoms with Gasteiger partial charge in [0, 0.05) is 17.3 Å². The van der Waals surface area contributed by atoms with Gasteiger partial charge < -0.3 is 20.2 Å². The molecule has 25 heavy (non-hydrogen) atoms. The van der Waals surface area contributed by atoms with Gasteiger partial charge in [-0.2, -0.15) is 0 Å². The molecule has 0 spiro atoms. The molecular formula is C17H18N4O4. The van der Waals surface area contributed by atoms with E-state index in [4.69, 9.17) is 15.2 Å². The summed E-state index contributed by atoms with van der Waals surface area (Å²) in [6, 6.07) is 8.36. The van der Waals surface area contributed by atoms with E-state index in [2.05, 4.69) is 9.97 Å². The van der Waals surface area contributed by atoms with Crippen LogP contribution in [0, 0.1) is 10.1 Å². The van der Waals surface area contributed by atoms with Gasteiger partial charge in [0.25, 0.3) is 0 Å². The average molecular weight is 342 g/mol. The van der Waals surface area contributed by atoms with Crippen LogP contribution in [0.1, 0.15) is 13.8 Å². The van der Waals surface area contributed by atoms with Gasteiger partial charge >= 0.3 is 5.69 Å². The first-order valence-corrected chi connectivity index (χ1v) is 7.67. The van der Waals surface area contributed by atoms with Crippen molar-refractivity contribution >= 4 is 22.4 Å². The van der Waals surface area contributed by atoms with Gasteiger partial charge in [-0.05, 0) is 38.1 Å². The molecule has 3 aromatic rings. The second-order valence-corrected chi connectivity index (χ2v) is 5.81. The number of H-pyrrole nitrogens is 1. The Balaban J connectivity index is 2.18. The predicted octanol–water partition coefficient (Wildman–Crippen LogP) is 3.52. The monoisotopic (exact) mass is 342 g/mol. The van der Waals surface area contributed by atoms with E-state index in [1.807, 2.05) is 0 Å². The molecule has 0 fully saturated rings. The highest BCUT2D eigenvalue weighted by Crippen LogP contribution is 2.41. The van der Waals surface area contributed by atoms with Crippen molar-refractivity contribution in [3.63, 3.8) is 0 Å². The van der Waals surface area contributed by atoms with Gasteiger partial charge in [-0.3, -0.25) is 10.1 Å². The fraction of sp³-hybridized carbons (Fsp3) is 0.235. The summed E-state index contributed by atoms with van der Waals surface area (Å²) in [5.74, 6) is 0.863. The number of hydrogen-bond donors (Lipinski definition) is 2. The van der Waals surface area contributed by atoms with Gasteiger partial charge in [0.1, 0.15) is 5.82 Å². The van der Waals surface area contributed by atoms with Gasteiger partial charge in [-0.15, -0.1) is 0 Å². The summed E-state index contributed by atoms with van der Waals surface area (Å²) in [7, 11) is 1.44. The molecule has 2 aromatic carbocycles. The Morgan fingerprint density at radius 2 is 2.04 bits per heavy atom. The molecule has 0 amide bonds. The van der Waals surface area contributed by atoms with Crippen molar-refractivity contribution in [1.29, 1.82) is 0 Å². The summed E-state index contributed by atoms with van der Waals surface area (Å²) < 4.78 is 10.9. The molecule has 0 aliphatic carbocycles. The van der Waals surface area contributed by atoms with Crippen LogP contribution < -0.4 is 15.2 Å². The molecule has 1 aromatic heterocycles. The summed E-state index contributed by atoms with van der Waals surface area (Å²) >= 11 is 0. The lowest BCUT2D eigenvalue weighted by molar-refractivity contribution is -0.386. The summed E-state index contributed by atoms with van der Waals surface area (Å²) in [5, 5.41) is 11.5. The number of nitrogen functional groups attached to an aromatic ring is 1. The number of benzene rings is 2. The first-order chi connectivity index (χ1) is 11.9. The highest BCUT2D eigenvalue weighted by atomic mass is 16.6. The molecule has 1 heterocycles. The van der Waals surface area contributed by atoms with E-state index in [0.29, 0.717) is 22.6 Å². The van der Waals surface area contributed by atoms with Gasteiger partial charge in [0.05, 0.1) is 29.2 Å². The Labute approximate surface area is 143 Å². The van der Waals surface area contributed by atoms with Crippen LogP contribution in [0.25, 0.3) is 22.4 Å². The number of fused-ring (bicyclic) bond motifs is 1. The number of anilines is 1. The molecule has 3 rings (SSSR count). The van der Waals surface area contributed by atoms with Crippen molar-refractivity contribution in [3.05, 3.63) is 40.4 Å². The number of methoxy groups -OCH3 is 1. The molecule has 3 N–H and O–H groups in total. The third-order valence-corrected chi connectivity index (χ3v) is 3.58. The minimum atomic E-state index is -0.496. The van der Waals surface area contributed by atoms with E-state index < -0.39 is 4.92 Å². The van der Waals surface area contributed by atoms with Crippen LogP contribution in [0.2, 0.25) is 0 Å². The maximum atomic E-state index is 11.5. The van der Waals surface area contributed by atoms with Crippen molar-refractivity contribution in [3.8, 4) is 22.9 Å². The maximum absolute atomic E-state index is 11.5. The standard InChI is InChI=1S/C17H18N4O4/c1-9(2)25-16-14(21(22)23)6-10(7-15(16)24-3)17-19-12-5-4-11(18)8-13(12)20-17/h4-9H,18H2,1-3H3,(H,19,20). The number of aromatic amines is 1. The first kappa shape index (κ1) is 16.6. The Kier molecular flexibility index (Phi) is 4.18. The number of nitrogens with zero attached hydrogens (tertiary/aromatic N) is 2. The lowest BCUT2D eigenvalue weighted by Gasteiger charge is -2.14. The van der Waals surface area contributed by atoms with Gasteiger partial charge in [-0.25, -0.2) is 4.98 Å². The summed E-state index contributed by atoms with van der Waals surface area (Å²) in [4.78, 5) is 18.6. The van der Waals surface area contributed by atoms with Crippen LogP contribution >= 0.6 is 0 Å². The van der Waals surface area contributed by atoms with E-state index >= 15 is 0 Å². The number of nitro benzene ring substituents is 1. The maximum Gasteiger partial charge on any atom is 0.315 e. The topological polar surface area (TPSA) is 116 Å². The van der Waals surface area contributed by atoms with Crippen molar-refractivity contribution in [2.45, 2.75) is 20.0 Å². The second kappa shape index (κ2) is 6.31. The van der Waals surface area contributed by atoms with E-state index in [9.17, 15) is 10.1 Å². The molecular weight excluding hydrogens is 324 g/mol. The number of hydrogen-bond acceptors (Lipinski definition) is 6.